The Bertz CT molecular complexity index is 583. The number of benzene rings is 1. The predicted molar refractivity (Wildman–Crippen MR) is 64.6 cm³/mol. The lowest BCUT2D eigenvalue weighted by Crippen LogP contribution is -2.44. The van der Waals surface area contributed by atoms with E-state index in [0.717, 1.165) is 25.0 Å². The Morgan fingerprint density at radius 3 is 2.88 bits per heavy atom. The molecule has 1 fully saturated rings. The number of fused-ring (bicyclic) bond motifs is 3. The normalized spacial score (nSPS) is 23.9. The minimum absolute atomic E-state index is 0.0601. The fraction of sp³-hybridized carbons (Fsp3) is 0.357. The zero-order valence-corrected chi connectivity index (χ0v) is 9.50. The summed E-state index contributed by atoms with van der Waals surface area (Å²) in [6.07, 6.45) is 6.64. The van der Waals surface area contributed by atoms with E-state index < -0.39 is 5.60 Å². The SMILES string of the molecule is OC1([C@@H]2c3ccccc3-c3cncn32)CCC1. The maximum Gasteiger partial charge on any atom is 0.0957 e. The van der Waals surface area contributed by atoms with Crippen molar-refractivity contribution in [2.24, 2.45) is 0 Å². The first-order valence-electron chi connectivity index (χ1n) is 6.13. The number of hydrogen-bond acceptors (Lipinski definition) is 2. The van der Waals surface area contributed by atoms with Crippen molar-refractivity contribution >= 4 is 0 Å². The highest BCUT2D eigenvalue weighted by atomic mass is 16.3. The summed E-state index contributed by atoms with van der Waals surface area (Å²) >= 11 is 0. The standard InChI is InChI=1S/C14H14N2O/c17-14(6-3-7-14)13-11-5-2-1-4-10(11)12-8-15-9-16(12)13/h1-2,4-5,8-9,13,17H,3,6-7H2/t13-/m0/s1. The van der Waals surface area contributed by atoms with E-state index >= 15 is 0 Å². The first-order valence-corrected chi connectivity index (χ1v) is 6.13. The van der Waals surface area contributed by atoms with E-state index in [9.17, 15) is 5.11 Å². The van der Waals surface area contributed by atoms with Crippen LogP contribution in [0.15, 0.2) is 36.8 Å². The number of hydrogen-bond donors (Lipinski definition) is 1. The van der Waals surface area contributed by atoms with Gasteiger partial charge in [0.15, 0.2) is 0 Å². The summed E-state index contributed by atoms with van der Waals surface area (Å²) in [4.78, 5) is 4.22. The highest BCUT2D eigenvalue weighted by Crippen LogP contribution is 2.51. The van der Waals surface area contributed by atoms with Crippen molar-refractivity contribution in [1.82, 2.24) is 9.55 Å². The Hall–Kier alpha value is -1.61. The van der Waals surface area contributed by atoms with Gasteiger partial charge in [-0.3, -0.25) is 0 Å². The monoisotopic (exact) mass is 226 g/mol. The Morgan fingerprint density at radius 2 is 2.12 bits per heavy atom. The van der Waals surface area contributed by atoms with Gasteiger partial charge >= 0.3 is 0 Å². The van der Waals surface area contributed by atoms with Crippen LogP contribution in [0.1, 0.15) is 30.9 Å². The third-order valence-corrected chi connectivity index (χ3v) is 4.20. The number of aliphatic hydroxyl groups is 1. The highest BCUT2D eigenvalue weighted by molar-refractivity contribution is 5.69. The Balaban J connectivity index is 1.96. The minimum Gasteiger partial charge on any atom is -0.387 e. The summed E-state index contributed by atoms with van der Waals surface area (Å²) in [5.74, 6) is 0. The maximum atomic E-state index is 10.7. The van der Waals surface area contributed by atoms with Gasteiger partial charge in [0.25, 0.3) is 0 Å². The summed E-state index contributed by atoms with van der Waals surface area (Å²) in [7, 11) is 0. The van der Waals surface area contributed by atoms with Gasteiger partial charge in [0.1, 0.15) is 0 Å². The van der Waals surface area contributed by atoms with E-state index in [1.807, 2.05) is 24.7 Å². The second-order valence-electron chi connectivity index (χ2n) is 5.13. The van der Waals surface area contributed by atoms with Crippen molar-refractivity contribution in [3.8, 4) is 11.3 Å². The first-order chi connectivity index (χ1) is 8.30. The quantitative estimate of drug-likeness (QED) is 0.810. The van der Waals surface area contributed by atoms with E-state index in [0.29, 0.717) is 0 Å². The van der Waals surface area contributed by atoms with E-state index in [4.69, 9.17) is 0 Å². The van der Waals surface area contributed by atoms with Gasteiger partial charge in [-0.25, -0.2) is 4.98 Å². The number of aromatic nitrogens is 2. The van der Waals surface area contributed by atoms with E-state index in [-0.39, 0.29) is 6.04 Å². The van der Waals surface area contributed by atoms with E-state index in [2.05, 4.69) is 21.7 Å². The van der Waals surface area contributed by atoms with Gasteiger partial charge in [0, 0.05) is 5.56 Å². The molecule has 2 aromatic rings. The molecule has 2 aliphatic rings. The molecule has 1 aliphatic carbocycles. The largest absolute Gasteiger partial charge is 0.387 e. The fourth-order valence-corrected chi connectivity index (χ4v) is 3.20. The molecule has 3 heteroatoms. The van der Waals surface area contributed by atoms with Crippen LogP contribution in [0.4, 0.5) is 0 Å². The molecule has 2 heterocycles. The molecule has 3 nitrogen and oxygen atoms in total. The maximum absolute atomic E-state index is 10.7. The molecule has 1 saturated carbocycles. The van der Waals surface area contributed by atoms with Crippen molar-refractivity contribution < 1.29 is 5.11 Å². The number of rotatable bonds is 1. The van der Waals surface area contributed by atoms with Gasteiger partial charge in [-0.05, 0) is 24.8 Å². The zero-order valence-electron chi connectivity index (χ0n) is 9.50. The topological polar surface area (TPSA) is 38.1 Å². The van der Waals surface area contributed by atoms with Crippen LogP contribution in [0.3, 0.4) is 0 Å². The lowest BCUT2D eigenvalue weighted by Gasteiger charge is -2.42. The second kappa shape index (κ2) is 2.99. The summed E-state index contributed by atoms with van der Waals surface area (Å²) in [5.41, 5.74) is 3.02. The van der Waals surface area contributed by atoms with Crippen molar-refractivity contribution in [3.05, 3.63) is 42.4 Å². The van der Waals surface area contributed by atoms with Crippen LogP contribution in [0.5, 0.6) is 0 Å². The molecule has 0 amide bonds. The third-order valence-electron chi connectivity index (χ3n) is 4.20. The first kappa shape index (κ1) is 9.42. The molecule has 0 spiro atoms. The van der Waals surface area contributed by atoms with Crippen LogP contribution in [-0.4, -0.2) is 20.3 Å². The lowest BCUT2D eigenvalue weighted by molar-refractivity contribution is -0.0632. The smallest absolute Gasteiger partial charge is 0.0957 e. The molecule has 17 heavy (non-hydrogen) atoms. The third kappa shape index (κ3) is 1.07. The second-order valence-corrected chi connectivity index (χ2v) is 5.13. The molecular formula is C14H14N2O. The van der Waals surface area contributed by atoms with Crippen molar-refractivity contribution in [3.63, 3.8) is 0 Å². The Morgan fingerprint density at radius 1 is 1.29 bits per heavy atom. The summed E-state index contributed by atoms with van der Waals surface area (Å²) in [6.45, 7) is 0. The van der Waals surface area contributed by atoms with Crippen LogP contribution in [-0.2, 0) is 0 Å². The summed E-state index contributed by atoms with van der Waals surface area (Å²) in [5, 5.41) is 10.7. The molecule has 0 bridgehead atoms. The minimum atomic E-state index is -0.567. The van der Waals surface area contributed by atoms with Crippen LogP contribution in [0.25, 0.3) is 11.3 Å². The number of imidazole rings is 1. The van der Waals surface area contributed by atoms with Gasteiger partial charge in [0.05, 0.1) is 29.9 Å². The average molecular weight is 226 g/mol. The molecule has 1 aliphatic heterocycles. The number of nitrogens with zero attached hydrogens (tertiary/aromatic N) is 2. The fourth-order valence-electron chi connectivity index (χ4n) is 3.20. The molecule has 1 aromatic carbocycles. The Kier molecular flexibility index (Phi) is 1.66. The van der Waals surface area contributed by atoms with Crippen molar-refractivity contribution in [2.45, 2.75) is 30.9 Å². The highest BCUT2D eigenvalue weighted by Gasteiger charge is 2.47. The Labute approximate surface area is 99.7 Å². The van der Waals surface area contributed by atoms with Gasteiger partial charge < -0.3 is 9.67 Å². The van der Waals surface area contributed by atoms with Gasteiger partial charge in [-0.15, -0.1) is 0 Å². The molecule has 0 radical (unpaired) electrons. The van der Waals surface area contributed by atoms with Crippen LogP contribution in [0, 0.1) is 0 Å². The van der Waals surface area contributed by atoms with E-state index in [1.165, 1.54) is 11.1 Å². The van der Waals surface area contributed by atoms with Crippen LogP contribution in [0.2, 0.25) is 0 Å². The summed E-state index contributed by atoms with van der Waals surface area (Å²) in [6, 6.07) is 8.40. The summed E-state index contributed by atoms with van der Waals surface area (Å²) < 4.78 is 2.13. The van der Waals surface area contributed by atoms with Gasteiger partial charge in [0.2, 0.25) is 0 Å². The molecule has 0 unspecified atom stereocenters. The molecule has 4 rings (SSSR count). The van der Waals surface area contributed by atoms with Crippen molar-refractivity contribution in [2.75, 3.05) is 0 Å². The van der Waals surface area contributed by atoms with Crippen molar-refractivity contribution in [1.29, 1.82) is 0 Å². The average Bonchev–Trinajstić information content (AvgIpc) is 2.85. The lowest BCUT2D eigenvalue weighted by atomic mass is 9.72. The van der Waals surface area contributed by atoms with Gasteiger partial charge in [-0.2, -0.15) is 0 Å². The van der Waals surface area contributed by atoms with Gasteiger partial charge in [-0.1, -0.05) is 24.3 Å². The molecular weight excluding hydrogens is 212 g/mol. The molecule has 1 aromatic heterocycles. The van der Waals surface area contributed by atoms with Crippen LogP contribution >= 0.6 is 0 Å². The van der Waals surface area contributed by atoms with Crippen LogP contribution < -0.4 is 0 Å². The molecule has 0 saturated heterocycles. The predicted octanol–water partition coefficient (Wildman–Crippen LogP) is 2.37. The molecule has 86 valence electrons. The van der Waals surface area contributed by atoms with E-state index in [1.54, 1.807) is 0 Å². The molecule has 1 N–H and O–H groups in total. The zero-order chi connectivity index (χ0) is 11.5. The molecule has 1 atom stereocenters.